The Labute approximate surface area is 594 Å². The molecule has 0 radical (unpaired) electrons. The van der Waals surface area contributed by atoms with Crippen LogP contribution in [0.25, 0.3) is 0 Å². The summed E-state index contributed by atoms with van der Waals surface area (Å²) in [6.07, 6.45) is 61.4. The van der Waals surface area contributed by atoms with E-state index in [1.807, 2.05) is 0 Å². The number of phosphoric ester groups is 2. The quantitative estimate of drug-likeness (QED) is 0.0222. The highest BCUT2D eigenvalue weighted by molar-refractivity contribution is 7.47. The third-order valence-corrected chi connectivity index (χ3v) is 20.5. The van der Waals surface area contributed by atoms with Crippen LogP contribution >= 0.6 is 15.6 Å². The summed E-state index contributed by atoms with van der Waals surface area (Å²) in [6, 6.07) is 0. The molecule has 0 aliphatic carbocycles. The summed E-state index contributed by atoms with van der Waals surface area (Å²) in [6.45, 7) is 7.22. The molecular formula is C78H152O17P2. The second-order valence-corrected chi connectivity index (χ2v) is 31.3. The highest BCUT2D eigenvalue weighted by Crippen LogP contribution is 2.45. The van der Waals surface area contributed by atoms with Gasteiger partial charge in [0.25, 0.3) is 0 Å². The lowest BCUT2D eigenvalue weighted by Gasteiger charge is -2.21. The molecule has 0 fully saturated rings. The van der Waals surface area contributed by atoms with Crippen LogP contribution < -0.4 is 0 Å². The summed E-state index contributed by atoms with van der Waals surface area (Å²) in [5.41, 5.74) is 0. The summed E-state index contributed by atoms with van der Waals surface area (Å²) < 4.78 is 68.5. The highest BCUT2D eigenvalue weighted by Gasteiger charge is 2.30. The van der Waals surface area contributed by atoms with Crippen LogP contribution in [0.3, 0.4) is 0 Å². The van der Waals surface area contributed by atoms with Gasteiger partial charge >= 0.3 is 39.5 Å². The molecule has 97 heavy (non-hydrogen) atoms. The largest absolute Gasteiger partial charge is 0.472 e. The highest BCUT2D eigenvalue weighted by atomic mass is 31.2. The van der Waals surface area contributed by atoms with Gasteiger partial charge in [-0.15, -0.1) is 0 Å². The van der Waals surface area contributed by atoms with Crippen LogP contribution in [0, 0.1) is 5.92 Å². The van der Waals surface area contributed by atoms with E-state index in [1.54, 1.807) is 0 Å². The molecule has 3 N–H and O–H groups in total. The monoisotopic (exact) mass is 1420 g/mol. The first-order valence-electron chi connectivity index (χ1n) is 40.7. The lowest BCUT2D eigenvalue weighted by atomic mass is 10.00. The molecule has 6 atom stereocenters. The Morgan fingerprint density at radius 2 is 0.495 bits per heavy atom. The van der Waals surface area contributed by atoms with Gasteiger partial charge in [0.15, 0.2) is 12.2 Å². The number of ether oxygens (including phenoxy) is 4. The summed E-state index contributed by atoms with van der Waals surface area (Å²) in [5, 5.41) is 10.6. The Kier molecular flexibility index (Phi) is 69.6. The molecule has 0 saturated heterocycles. The third kappa shape index (κ3) is 70.9. The number of rotatable bonds is 78. The SMILES string of the molecule is CCCCCCCCCCCCCCCCCCCCCCCC(=O)O[C@H](COC(=O)CCCCCCCCCCCCCCCCCCCC)COP(=O)(O)OC[C@@H](O)COP(=O)(O)OC[C@@H](COC(=O)CCCCCCCCCC)OC(=O)CCCCCCCCC(C)CC. The van der Waals surface area contributed by atoms with Gasteiger partial charge in [-0.05, 0) is 31.6 Å². The zero-order valence-electron chi connectivity index (χ0n) is 63.2. The maximum atomic E-state index is 13.1. The lowest BCUT2D eigenvalue weighted by Crippen LogP contribution is -2.30. The summed E-state index contributed by atoms with van der Waals surface area (Å²) in [7, 11) is -9.91. The number of hydrogen-bond acceptors (Lipinski definition) is 15. The van der Waals surface area contributed by atoms with Gasteiger partial charge in [0.1, 0.15) is 19.3 Å². The number of phosphoric acid groups is 2. The molecule has 0 aromatic carbocycles. The first kappa shape index (κ1) is 95.1. The molecule has 576 valence electrons. The molecule has 0 heterocycles. The molecule has 0 aromatic rings. The van der Waals surface area contributed by atoms with Gasteiger partial charge in [0.2, 0.25) is 0 Å². The minimum absolute atomic E-state index is 0.103. The van der Waals surface area contributed by atoms with E-state index in [1.165, 1.54) is 231 Å². The zero-order chi connectivity index (χ0) is 71.2. The van der Waals surface area contributed by atoms with Crippen molar-refractivity contribution >= 4 is 39.5 Å². The van der Waals surface area contributed by atoms with Crippen LogP contribution in [0.4, 0.5) is 0 Å². The summed E-state index contributed by atoms with van der Waals surface area (Å²) in [5.74, 6) is -1.40. The Hall–Kier alpha value is -1.94. The van der Waals surface area contributed by atoms with Crippen molar-refractivity contribution in [3.05, 3.63) is 0 Å². The van der Waals surface area contributed by atoms with Crippen LogP contribution in [0.15, 0.2) is 0 Å². The minimum atomic E-state index is -4.96. The Morgan fingerprint density at radius 3 is 0.732 bits per heavy atom. The van der Waals surface area contributed by atoms with Crippen molar-refractivity contribution in [3.63, 3.8) is 0 Å². The number of esters is 4. The minimum Gasteiger partial charge on any atom is -0.462 e. The van der Waals surface area contributed by atoms with Gasteiger partial charge in [-0.1, -0.05) is 362 Å². The smallest absolute Gasteiger partial charge is 0.462 e. The number of aliphatic hydroxyl groups excluding tert-OH is 1. The predicted molar refractivity (Wildman–Crippen MR) is 395 cm³/mol. The molecular weight excluding hydrogens is 1270 g/mol. The fraction of sp³-hybridized carbons (Fsp3) is 0.949. The van der Waals surface area contributed by atoms with Crippen molar-refractivity contribution in [3.8, 4) is 0 Å². The number of hydrogen-bond donors (Lipinski definition) is 3. The average Bonchev–Trinajstić information content (AvgIpc) is 1.23. The van der Waals surface area contributed by atoms with Gasteiger partial charge in [-0.2, -0.15) is 0 Å². The normalized spacial score (nSPS) is 14.2. The van der Waals surface area contributed by atoms with E-state index in [-0.39, 0.29) is 25.7 Å². The fourth-order valence-electron chi connectivity index (χ4n) is 12.0. The number of unbranched alkanes of at least 4 members (excludes halogenated alkanes) is 49. The Balaban J connectivity index is 5.17. The van der Waals surface area contributed by atoms with Crippen molar-refractivity contribution in [1.82, 2.24) is 0 Å². The maximum absolute atomic E-state index is 13.1. The van der Waals surface area contributed by atoms with E-state index in [4.69, 9.17) is 37.0 Å². The van der Waals surface area contributed by atoms with Crippen molar-refractivity contribution in [2.75, 3.05) is 39.6 Å². The van der Waals surface area contributed by atoms with E-state index in [0.717, 1.165) is 102 Å². The number of carbonyl (C=O) groups excluding carboxylic acids is 4. The zero-order valence-corrected chi connectivity index (χ0v) is 65.0. The molecule has 19 heteroatoms. The van der Waals surface area contributed by atoms with Crippen molar-refractivity contribution in [2.45, 2.75) is 432 Å². The second-order valence-electron chi connectivity index (χ2n) is 28.3. The summed E-state index contributed by atoms with van der Waals surface area (Å²) >= 11 is 0. The molecule has 3 unspecified atom stereocenters. The van der Waals surface area contributed by atoms with Crippen LogP contribution in [0.2, 0.25) is 0 Å². The molecule has 0 saturated carbocycles. The molecule has 0 aliphatic heterocycles. The van der Waals surface area contributed by atoms with E-state index in [9.17, 15) is 43.2 Å². The van der Waals surface area contributed by atoms with Gasteiger partial charge in [0.05, 0.1) is 26.4 Å². The average molecular weight is 1420 g/mol. The maximum Gasteiger partial charge on any atom is 0.472 e. The van der Waals surface area contributed by atoms with Crippen molar-refractivity contribution < 1.29 is 80.2 Å². The Bertz CT molecular complexity index is 1860. The molecule has 0 aromatic heterocycles. The van der Waals surface area contributed by atoms with Crippen molar-refractivity contribution in [1.29, 1.82) is 0 Å². The van der Waals surface area contributed by atoms with E-state index < -0.39 is 97.5 Å². The molecule has 17 nitrogen and oxygen atoms in total. The van der Waals surface area contributed by atoms with Gasteiger partial charge in [-0.3, -0.25) is 37.3 Å². The third-order valence-electron chi connectivity index (χ3n) is 18.6. The lowest BCUT2D eigenvalue weighted by molar-refractivity contribution is -0.161. The Morgan fingerprint density at radius 1 is 0.289 bits per heavy atom. The second kappa shape index (κ2) is 71.1. The molecule has 0 aliphatic rings. The predicted octanol–water partition coefficient (Wildman–Crippen LogP) is 23.3. The van der Waals surface area contributed by atoms with Crippen molar-refractivity contribution in [2.24, 2.45) is 5.92 Å². The van der Waals surface area contributed by atoms with Gasteiger partial charge < -0.3 is 33.8 Å². The van der Waals surface area contributed by atoms with Gasteiger partial charge in [0, 0.05) is 25.7 Å². The standard InChI is InChI=1S/C78H152O17P2/c1-6-10-13-16-19-22-24-26-28-30-32-33-34-36-38-40-42-44-47-53-58-63-77(82)94-73(67-89-76(81)62-57-52-46-43-41-39-37-35-31-29-27-25-23-20-17-14-11-7-2)69-92-96(84,85)90-65-72(79)66-91-97(86,87)93-70-74(68-88-75(80)61-56-51-45-21-18-15-12-8-3)95-78(83)64-59-54-49-48-50-55-60-71(5)9-4/h71-74,79H,6-70H2,1-5H3,(H,84,85)(H,86,87)/t71?,72-,73-,74-/m1/s1. The molecule has 0 amide bonds. The molecule has 0 rings (SSSR count). The van der Waals surface area contributed by atoms with Gasteiger partial charge in [-0.25, -0.2) is 9.13 Å². The van der Waals surface area contributed by atoms with Crippen LogP contribution in [-0.4, -0.2) is 96.7 Å². The first-order chi connectivity index (χ1) is 47.1. The van der Waals surface area contributed by atoms with Crippen LogP contribution in [0.5, 0.6) is 0 Å². The first-order valence-corrected chi connectivity index (χ1v) is 43.7. The topological polar surface area (TPSA) is 237 Å². The number of aliphatic hydroxyl groups is 1. The fourth-order valence-corrected chi connectivity index (χ4v) is 13.6. The van der Waals surface area contributed by atoms with E-state index in [0.29, 0.717) is 25.7 Å². The van der Waals surface area contributed by atoms with Crippen LogP contribution in [-0.2, 0) is 65.4 Å². The number of carbonyl (C=O) groups is 4. The van der Waals surface area contributed by atoms with Crippen LogP contribution in [0.1, 0.15) is 413 Å². The molecule has 0 spiro atoms. The molecule has 0 bridgehead atoms. The van der Waals surface area contributed by atoms with E-state index >= 15 is 0 Å². The summed E-state index contributed by atoms with van der Waals surface area (Å²) in [4.78, 5) is 72.7. The van der Waals surface area contributed by atoms with E-state index in [2.05, 4.69) is 34.6 Å².